The van der Waals surface area contributed by atoms with Gasteiger partial charge in [-0.25, -0.2) is 0 Å². The number of hydrogen-bond acceptors (Lipinski definition) is 7. The van der Waals surface area contributed by atoms with E-state index in [4.69, 9.17) is 21.1 Å². The Hall–Kier alpha value is -3.30. The maximum atomic E-state index is 12.4. The van der Waals surface area contributed by atoms with Gasteiger partial charge >= 0.3 is 0 Å². The van der Waals surface area contributed by atoms with Gasteiger partial charge in [-0.2, -0.15) is 0 Å². The molecule has 0 unspecified atom stereocenters. The molecule has 1 aliphatic rings. The summed E-state index contributed by atoms with van der Waals surface area (Å²) in [4.78, 5) is 36.0. The van der Waals surface area contributed by atoms with Crippen LogP contribution in [0, 0.1) is 10.1 Å². The molecule has 2 aromatic rings. The average molecular weight is 461 g/mol. The van der Waals surface area contributed by atoms with Gasteiger partial charge in [-0.15, -0.1) is 6.58 Å². The number of hydrogen-bond donors (Lipinski definition) is 0. The molecule has 2 aromatic carbocycles. The molecule has 0 aliphatic carbocycles. The number of ether oxygens (including phenoxy) is 2. The first-order valence-electron chi connectivity index (χ1n) is 8.94. The Labute approximate surface area is 187 Å². The Morgan fingerprint density at radius 3 is 2.58 bits per heavy atom. The lowest BCUT2D eigenvalue weighted by Crippen LogP contribution is -2.27. The van der Waals surface area contributed by atoms with Crippen LogP contribution < -0.4 is 9.47 Å². The van der Waals surface area contributed by atoms with E-state index in [1.807, 2.05) is 0 Å². The second kappa shape index (κ2) is 9.67. The van der Waals surface area contributed by atoms with Crippen molar-refractivity contribution in [1.82, 2.24) is 4.90 Å². The van der Waals surface area contributed by atoms with E-state index in [0.717, 1.165) is 16.7 Å². The number of nitro groups is 1. The van der Waals surface area contributed by atoms with E-state index in [1.54, 1.807) is 30.3 Å². The summed E-state index contributed by atoms with van der Waals surface area (Å²) in [6.07, 6.45) is 3.04. The Balaban J connectivity index is 1.80. The summed E-state index contributed by atoms with van der Waals surface area (Å²) in [6.45, 7) is 3.80. The van der Waals surface area contributed by atoms with Crippen LogP contribution in [-0.4, -0.2) is 34.6 Å². The van der Waals surface area contributed by atoms with Crippen LogP contribution in [0.3, 0.4) is 0 Å². The number of halogens is 1. The van der Waals surface area contributed by atoms with Crippen molar-refractivity contribution in [1.29, 1.82) is 0 Å². The number of non-ortho nitro benzene ring substituents is 1. The minimum Gasteiger partial charge on any atom is -0.493 e. The van der Waals surface area contributed by atoms with Crippen molar-refractivity contribution in [3.05, 3.63) is 80.2 Å². The quantitative estimate of drug-likeness (QED) is 0.235. The smallest absolute Gasteiger partial charge is 0.293 e. The largest absolute Gasteiger partial charge is 0.493 e. The highest BCUT2D eigenvalue weighted by Crippen LogP contribution is 2.39. The summed E-state index contributed by atoms with van der Waals surface area (Å²) < 4.78 is 11.1. The highest BCUT2D eigenvalue weighted by Gasteiger charge is 2.34. The molecule has 1 heterocycles. The van der Waals surface area contributed by atoms with Crippen molar-refractivity contribution in [2.45, 2.75) is 6.61 Å². The highest BCUT2D eigenvalue weighted by atomic mass is 35.5. The molecule has 1 saturated heterocycles. The van der Waals surface area contributed by atoms with Gasteiger partial charge in [0.15, 0.2) is 11.5 Å². The SMILES string of the molecule is C=CCN1C(=O)SC(=Cc2cc(Cl)c(OCc3ccc([N+](=O)[O-])cc3)c(OC)c2)C1=O. The average Bonchev–Trinajstić information content (AvgIpc) is 3.00. The standard InChI is InChI=1S/C21H17ClN2O6S/c1-3-8-23-20(25)18(31-21(23)26)11-14-9-16(22)19(17(10-14)29-2)30-12-13-4-6-15(7-5-13)24(27)28/h3-7,9-11H,1,8,12H2,2H3. The predicted molar refractivity (Wildman–Crippen MR) is 118 cm³/mol. The highest BCUT2D eigenvalue weighted by molar-refractivity contribution is 8.18. The summed E-state index contributed by atoms with van der Waals surface area (Å²) >= 11 is 7.21. The lowest BCUT2D eigenvalue weighted by atomic mass is 10.1. The number of amides is 2. The van der Waals surface area contributed by atoms with E-state index in [0.29, 0.717) is 22.6 Å². The number of imide groups is 1. The molecule has 0 radical (unpaired) electrons. The van der Waals surface area contributed by atoms with Crippen molar-refractivity contribution >= 4 is 46.3 Å². The number of methoxy groups -OCH3 is 1. The van der Waals surface area contributed by atoms with E-state index in [1.165, 1.54) is 25.3 Å². The minimum atomic E-state index is -0.477. The van der Waals surface area contributed by atoms with E-state index in [9.17, 15) is 19.7 Å². The van der Waals surface area contributed by atoms with Crippen molar-refractivity contribution in [3.8, 4) is 11.5 Å². The van der Waals surface area contributed by atoms with Gasteiger partial charge in [-0.1, -0.05) is 17.7 Å². The van der Waals surface area contributed by atoms with Crippen molar-refractivity contribution in [2.75, 3.05) is 13.7 Å². The van der Waals surface area contributed by atoms with Crippen LogP contribution in [0.25, 0.3) is 6.08 Å². The first-order chi connectivity index (χ1) is 14.8. The molecular formula is C21H17ClN2O6S. The normalized spacial score (nSPS) is 14.8. The third-order valence-corrected chi connectivity index (χ3v) is 5.45. The van der Waals surface area contributed by atoms with E-state index >= 15 is 0 Å². The predicted octanol–water partition coefficient (Wildman–Crippen LogP) is 5.06. The van der Waals surface area contributed by atoms with Gasteiger partial charge in [-0.3, -0.25) is 24.6 Å². The van der Waals surface area contributed by atoms with Crippen LogP contribution in [-0.2, 0) is 11.4 Å². The van der Waals surface area contributed by atoms with Crippen LogP contribution in [0.15, 0.2) is 54.0 Å². The molecule has 31 heavy (non-hydrogen) atoms. The minimum absolute atomic E-state index is 0.0128. The van der Waals surface area contributed by atoms with Gasteiger partial charge in [0, 0.05) is 18.7 Å². The molecule has 0 atom stereocenters. The molecule has 8 nitrogen and oxygen atoms in total. The second-order valence-electron chi connectivity index (χ2n) is 6.33. The number of thioether (sulfide) groups is 1. The number of nitrogens with zero attached hydrogens (tertiary/aromatic N) is 2. The van der Waals surface area contributed by atoms with Crippen molar-refractivity contribution < 1.29 is 24.0 Å². The molecule has 160 valence electrons. The van der Waals surface area contributed by atoms with Crippen LogP contribution in [0.1, 0.15) is 11.1 Å². The number of carbonyl (C=O) groups is 2. The maximum Gasteiger partial charge on any atom is 0.293 e. The Morgan fingerprint density at radius 2 is 1.97 bits per heavy atom. The van der Waals surface area contributed by atoms with Gasteiger partial charge < -0.3 is 9.47 Å². The molecule has 2 amide bonds. The van der Waals surface area contributed by atoms with Crippen molar-refractivity contribution in [2.24, 2.45) is 0 Å². The molecule has 10 heteroatoms. The number of nitro benzene ring substituents is 1. The summed E-state index contributed by atoms with van der Waals surface area (Å²) in [5, 5.41) is 10.6. The van der Waals surface area contributed by atoms with Crippen LogP contribution in [0.2, 0.25) is 5.02 Å². The Bertz CT molecular complexity index is 1080. The zero-order chi connectivity index (χ0) is 22.5. The molecule has 0 N–H and O–H groups in total. The molecule has 1 aliphatic heterocycles. The Morgan fingerprint density at radius 1 is 1.26 bits per heavy atom. The first-order valence-corrected chi connectivity index (χ1v) is 10.1. The summed E-state index contributed by atoms with van der Waals surface area (Å²) in [5.74, 6) is 0.230. The molecule has 0 aromatic heterocycles. The fraction of sp³-hybridized carbons (Fsp3) is 0.143. The molecule has 0 bridgehead atoms. The van der Waals surface area contributed by atoms with Crippen LogP contribution in [0.5, 0.6) is 11.5 Å². The van der Waals surface area contributed by atoms with E-state index in [-0.39, 0.29) is 34.0 Å². The third kappa shape index (κ3) is 5.07. The van der Waals surface area contributed by atoms with Gasteiger partial charge in [0.2, 0.25) is 0 Å². The van der Waals surface area contributed by atoms with E-state index in [2.05, 4.69) is 6.58 Å². The van der Waals surface area contributed by atoms with Gasteiger partial charge in [0.25, 0.3) is 16.8 Å². The fourth-order valence-electron chi connectivity index (χ4n) is 2.77. The molecule has 0 saturated carbocycles. The van der Waals surface area contributed by atoms with E-state index < -0.39 is 10.8 Å². The summed E-state index contributed by atoms with van der Waals surface area (Å²) in [5.41, 5.74) is 1.26. The molecule has 1 fully saturated rings. The van der Waals surface area contributed by atoms with Gasteiger partial charge in [0.1, 0.15) is 6.61 Å². The molecule has 0 spiro atoms. The summed E-state index contributed by atoms with van der Waals surface area (Å²) in [7, 11) is 1.45. The topological polar surface area (TPSA) is 99.0 Å². The van der Waals surface area contributed by atoms with Crippen molar-refractivity contribution in [3.63, 3.8) is 0 Å². The molecular weight excluding hydrogens is 444 g/mol. The van der Waals surface area contributed by atoms with Gasteiger partial charge in [0.05, 0.1) is 22.0 Å². The fourth-order valence-corrected chi connectivity index (χ4v) is 3.89. The number of rotatable bonds is 8. The lowest BCUT2D eigenvalue weighted by Gasteiger charge is -2.13. The lowest BCUT2D eigenvalue weighted by molar-refractivity contribution is -0.384. The zero-order valence-corrected chi connectivity index (χ0v) is 17.9. The second-order valence-corrected chi connectivity index (χ2v) is 7.73. The Kier molecular flexibility index (Phi) is 6.98. The maximum absolute atomic E-state index is 12.4. The number of carbonyl (C=O) groups excluding carboxylic acids is 2. The van der Waals surface area contributed by atoms with Crippen LogP contribution >= 0.6 is 23.4 Å². The number of benzene rings is 2. The van der Waals surface area contributed by atoms with Crippen LogP contribution in [0.4, 0.5) is 10.5 Å². The summed E-state index contributed by atoms with van der Waals surface area (Å²) in [6, 6.07) is 9.19. The molecule has 3 rings (SSSR count). The monoisotopic (exact) mass is 460 g/mol. The zero-order valence-electron chi connectivity index (χ0n) is 16.4. The van der Waals surface area contributed by atoms with Gasteiger partial charge in [-0.05, 0) is 53.2 Å². The third-order valence-electron chi connectivity index (χ3n) is 4.27. The first kappa shape index (κ1) is 22.4.